The first-order valence-electron chi connectivity index (χ1n) is 8.10. The van der Waals surface area contributed by atoms with Gasteiger partial charge in [0.1, 0.15) is 5.75 Å². The Labute approximate surface area is 153 Å². The predicted molar refractivity (Wildman–Crippen MR) is 92.6 cm³/mol. The van der Waals surface area contributed by atoms with Crippen molar-refractivity contribution in [3.8, 4) is 11.7 Å². The van der Waals surface area contributed by atoms with E-state index in [1.165, 1.54) is 24.3 Å². The smallest absolute Gasteiger partial charge is 0.416 e. The number of carbonyl (C=O) groups excluding carboxylic acids is 1. The Morgan fingerprint density at radius 3 is 2.52 bits per heavy atom. The molecule has 4 nitrogen and oxygen atoms in total. The molecule has 0 aliphatic rings. The molecule has 0 aliphatic carbocycles. The van der Waals surface area contributed by atoms with Crippen molar-refractivity contribution in [3.63, 3.8) is 0 Å². The lowest BCUT2D eigenvalue weighted by Gasteiger charge is -2.09. The van der Waals surface area contributed by atoms with Crippen LogP contribution in [0.3, 0.4) is 0 Å². The number of alkyl halides is 3. The van der Waals surface area contributed by atoms with E-state index < -0.39 is 17.6 Å². The van der Waals surface area contributed by atoms with Crippen LogP contribution in [0.5, 0.6) is 11.7 Å². The molecule has 0 saturated heterocycles. The van der Waals surface area contributed by atoms with Gasteiger partial charge >= 0.3 is 6.18 Å². The van der Waals surface area contributed by atoms with Gasteiger partial charge in [0, 0.05) is 12.6 Å². The van der Waals surface area contributed by atoms with Crippen molar-refractivity contribution in [2.75, 3.05) is 0 Å². The zero-order chi connectivity index (χ0) is 19.4. The molecule has 140 valence electrons. The summed E-state index contributed by atoms with van der Waals surface area (Å²) >= 11 is 0. The van der Waals surface area contributed by atoms with Crippen LogP contribution in [0.25, 0.3) is 0 Å². The minimum absolute atomic E-state index is 0.00378. The van der Waals surface area contributed by atoms with Crippen LogP contribution in [-0.2, 0) is 12.7 Å². The van der Waals surface area contributed by atoms with Gasteiger partial charge in [-0.05, 0) is 42.8 Å². The summed E-state index contributed by atoms with van der Waals surface area (Å²) in [6.45, 7) is 1.89. The van der Waals surface area contributed by atoms with Crippen molar-refractivity contribution in [1.29, 1.82) is 0 Å². The molecule has 1 aromatic heterocycles. The molecular weight excluding hydrogens is 359 g/mol. The van der Waals surface area contributed by atoms with Crippen LogP contribution in [0.2, 0.25) is 0 Å². The molecule has 0 unspecified atom stereocenters. The van der Waals surface area contributed by atoms with Gasteiger partial charge in [0.2, 0.25) is 0 Å². The number of rotatable bonds is 5. The molecule has 3 aromatic rings. The summed E-state index contributed by atoms with van der Waals surface area (Å²) in [5.74, 6) is 0.157. The molecule has 0 aliphatic heterocycles. The van der Waals surface area contributed by atoms with E-state index in [0.29, 0.717) is 11.3 Å². The van der Waals surface area contributed by atoms with Gasteiger partial charge in [-0.3, -0.25) is 4.79 Å². The van der Waals surface area contributed by atoms with Crippen molar-refractivity contribution in [1.82, 2.24) is 5.32 Å². The van der Waals surface area contributed by atoms with E-state index in [4.69, 9.17) is 9.15 Å². The Balaban J connectivity index is 1.60. The van der Waals surface area contributed by atoms with Crippen LogP contribution in [0.1, 0.15) is 27.2 Å². The summed E-state index contributed by atoms with van der Waals surface area (Å²) in [6, 6.07) is 15.0. The lowest BCUT2D eigenvalue weighted by atomic mass is 10.1. The maximum atomic E-state index is 12.7. The number of ether oxygens (including phenoxy) is 1. The molecule has 0 radical (unpaired) electrons. The Bertz CT molecular complexity index is 930. The fourth-order valence-electron chi connectivity index (χ4n) is 2.35. The highest BCUT2D eigenvalue weighted by Gasteiger charge is 2.30. The molecule has 0 saturated carbocycles. The van der Waals surface area contributed by atoms with E-state index in [0.717, 1.165) is 17.7 Å². The van der Waals surface area contributed by atoms with Crippen LogP contribution in [0, 0.1) is 6.92 Å². The van der Waals surface area contributed by atoms with Gasteiger partial charge in [-0.1, -0.05) is 29.8 Å². The van der Waals surface area contributed by atoms with Crippen LogP contribution >= 0.6 is 0 Å². The maximum absolute atomic E-state index is 12.7. The second-order valence-corrected chi connectivity index (χ2v) is 5.91. The Hall–Kier alpha value is -3.22. The van der Waals surface area contributed by atoms with Crippen LogP contribution < -0.4 is 10.1 Å². The lowest BCUT2D eigenvalue weighted by molar-refractivity contribution is -0.137. The number of benzene rings is 2. The van der Waals surface area contributed by atoms with E-state index in [1.807, 2.05) is 19.1 Å². The SMILES string of the molecule is Cc1ccc(Oc2ccc(C(=O)NCc3cccc(C(F)(F)F)c3)o2)cc1. The van der Waals surface area contributed by atoms with Crippen molar-refractivity contribution >= 4 is 5.91 Å². The third-order valence-electron chi connectivity index (χ3n) is 3.75. The highest BCUT2D eigenvalue weighted by molar-refractivity contribution is 5.91. The van der Waals surface area contributed by atoms with E-state index in [2.05, 4.69) is 5.32 Å². The minimum atomic E-state index is -4.43. The highest BCUT2D eigenvalue weighted by Crippen LogP contribution is 2.29. The number of hydrogen-bond acceptors (Lipinski definition) is 3. The van der Waals surface area contributed by atoms with Gasteiger partial charge in [-0.15, -0.1) is 0 Å². The largest absolute Gasteiger partial charge is 0.426 e. The van der Waals surface area contributed by atoms with Gasteiger partial charge in [-0.25, -0.2) is 0 Å². The molecule has 0 fully saturated rings. The Morgan fingerprint density at radius 1 is 1.07 bits per heavy atom. The van der Waals surface area contributed by atoms with Crippen molar-refractivity contribution < 1.29 is 27.1 Å². The zero-order valence-electron chi connectivity index (χ0n) is 14.3. The number of halogens is 3. The minimum Gasteiger partial charge on any atom is -0.426 e. The summed E-state index contributed by atoms with van der Waals surface area (Å²) < 4.78 is 49.0. The average molecular weight is 375 g/mol. The zero-order valence-corrected chi connectivity index (χ0v) is 14.3. The number of amides is 1. The molecule has 0 atom stereocenters. The van der Waals surface area contributed by atoms with E-state index in [9.17, 15) is 18.0 Å². The molecule has 1 heterocycles. The van der Waals surface area contributed by atoms with Gasteiger partial charge in [0.15, 0.2) is 5.76 Å². The first-order valence-corrected chi connectivity index (χ1v) is 8.10. The fraction of sp³-hybridized carbons (Fsp3) is 0.150. The van der Waals surface area contributed by atoms with Gasteiger partial charge in [0.25, 0.3) is 11.9 Å². The van der Waals surface area contributed by atoms with Gasteiger partial charge in [0.05, 0.1) is 5.56 Å². The number of nitrogens with one attached hydrogen (secondary N) is 1. The standard InChI is InChI=1S/C20H16F3NO3/c1-13-5-7-16(8-6-13)26-18-10-9-17(27-18)19(25)24-12-14-3-2-4-15(11-14)20(21,22)23/h2-11H,12H2,1H3,(H,24,25). The van der Waals surface area contributed by atoms with E-state index in [1.54, 1.807) is 12.1 Å². The molecule has 1 amide bonds. The van der Waals surface area contributed by atoms with Crippen LogP contribution in [-0.4, -0.2) is 5.91 Å². The number of carbonyl (C=O) groups is 1. The number of hydrogen-bond donors (Lipinski definition) is 1. The molecule has 7 heteroatoms. The molecule has 1 N–H and O–H groups in total. The average Bonchev–Trinajstić information content (AvgIpc) is 3.10. The highest BCUT2D eigenvalue weighted by atomic mass is 19.4. The van der Waals surface area contributed by atoms with Gasteiger partial charge in [-0.2, -0.15) is 13.2 Å². The molecule has 3 rings (SSSR count). The Kier molecular flexibility index (Phi) is 5.21. The number of aryl methyl sites for hydroxylation is 1. The summed E-state index contributed by atoms with van der Waals surface area (Å²) in [5, 5.41) is 2.52. The fourth-order valence-corrected chi connectivity index (χ4v) is 2.35. The topological polar surface area (TPSA) is 51.5 Å². The summed E-state index contributed by atoms with van der Waals surface area (Å²) in [4.78, 5) is 12.1. The third-order valence-corrected chi connectivity index (χ3v) is 3.75. The van der Waals surface area contributed by atoms with E-state index in [-0.39, 0.29) is 18.3 Å². The van der Waals surface area contributed by atoms with Crippen LogP contribution in [0.4, 0.5) is 13.2 Å². The lowest BCUT2D eigenvalue weighted by Crippen LogP contribution is -2.22. The molecule has 0 bridgehead atoms. The first-order chi connectivity index (χ1) is 12.8. The second-order valence-electron chi connectivity index (χ2n) is 5.91. The number of furan rings is 1. The summed E-state index contributed by atoms with van der Waals surface area (Å²) in [5.41, 5.74) is 0.651. The predicted octanol–water partition coefficient (Wildman–Crippen LogP) is 5.33. The first kappa shape index (κ1) is 18.6. The maximum Gasteiger partial charge on any atom is 0.416 e. The molecular formula is C20H16F3NO3. The summed E-state index contributed by atoms with van der Waals surface area (Å²) in [7, 11) is 0. The van der Waals surface area contributed by atoms with Crippen LogP contribution in [0.15, 0.2) is 65.1 Å². The second kappa shape index (κ2) is 7.57. The molecule has 2 aromatic carbocycles. The van der Waals surface area contributed by atoms with E-state index >= 15 is 0 Å². The van der Waals surface area contributed by atoms with Gasteiger partial charge < -0.3 is 14.5 Å². The molecule has 27 heavy (non-hydrogen) atoms. The quantitative estimate of drug-likeness (QED) is 0.656. The van der Waals surface area contributed by atoms with Crippen molar-refractivity contribution in [2.45, 2.75) is 19.6 Å². The molecule has 0 spiro atoms. The third kappa shape index (κ3) is 4.91. The Morgan fingerprint density at radius 2 is 1.81 bits per heavy atom. The normalized spacial score (nSPS) is 11.3. The summed E-state index contributed by atoms with van der Waals surface area (Å²) in [6.07, 6.45) is -4.43. The monoisotopic (exact) mass is 375 g/mol. The van der Waals surface area contributed by atoms with Crippen molar-refractivity contribution in [3.05, 3.63) is 83.1 Å². The van der Waals surface area contributed by atoms with Crippen molar-refractivity contribution in [2.24, 2.45) is 0 Å².